The number of carboxylic acid groups (broad SMARTS) is 1. The summed E-state index contributed by atoms with van der Waals surface area (Å²) in [6, 6.07) is 11.1. The first-order valence-electron chi connectivity index (χ1n) is 13.2. The topological polar surface area (TPSA) is 114 Å². The molecule has 0 bridgehead atoms. The highest BCUT2D eigenvalue weighted by Crippen LogP contribution is 2.25. The third kappa shape index (κ3) is 5.57. The number of likely N-dealkylation sites (tertiary alicyclic amines) is 1. The van der Waals surface area contributed by atoms with Crippen LogP contribution in [-0.2, 0) is 24.7 Å². The highest BCUT2D eigenvalue weighted by atomic mass is 19.1. The summed E-state index contributed by atoms with van der Waals surface area (Å²) in [5.41, 5.74) is -0.887. The Morgan fingerprint density at radius 2 is 1.62 bits per heavy atom. The lowest BCUT2D eigenvalue weighted by Crippen LogP contribution is -2.49. The number of aromatic nitrogens is 2. The van der Waals surface area contributed by atoms with Crippen LogP contribution in [0.25, 0.3) is 16.5 Å². The van der Waals surface area contributed by atoms with E-state index in [0.717, 1.165) is 22.8 Å². The zero-order chi connectivity index (χ0) is 30.1. The maximum absolute atomic E-state index is 14.1. The number of rotatable bonds is 9. The molecule has 1 atom stereocenters. The van der Waals surface area contributed by atoms with Gasteiger partial charge in [0.1, 0.15) is 29.4 Å². The van der Waals surface area contributed by atoms with Crippen LogP contribution >= 0.6 is 0 Å². The second-order valence-corrected chi connectivity index (χ2v) is 10.2. The molecule has 3 aromatic carbocycles. The van der Waals surface area contributed by atoms with Crippen molar-refractivity contribution in [3.63, 3.8) is 0 Å². The van der Waals surface area contributed by atoms with Crippen molar-refractivity contribution in [2.24, 2.45) is 7.05 Å². The second-order valence-electron chi connectivity index (χ2n) is 10.2. The predicted octanol–water partition coefficient (Wildman–Crippen LogP) is 2.59. The van der Waals surface area contributed by atoms with E-state index in [2.05, 4.69) is 5.32 Å². The number of aliphatic carboxylic acids is 1. The van der Waals surface area contributed by atoms with Crippen LogP contribution in [0.2, 0.25) is 0 Å². The third-order valence-electron chi connectivity index (χ3n) is 7.38. The Labute approximate surface area is 237 Å². The zero-order valence-electron chi connectivity index (χ0n) is 22.5. The van der Waals surface area contributed by atoms with Gasteiger partial charge in [0.25, 0.3) is 11.5 Å². The highest BCUT2D eigenvalue weighted by Gasteiger charge is 2.27. The SMILES string of the molecule is Cn1cc(CCN2CC(F)C2)c(=O)n(-c2cccc3c(C[C@H](NC(=O)c4c(F)cccc4F)C(=O)O)cccc23)c1=O. The minimum absolute atomic E-state index is 0.254. The van der Waals surface area contributed by atoms with Crippen molar-refractivity contribution in [2.45, 2.75) is 25.1 Å². The summed E-state index contributed by atoms with van der Waals surface area (Å²) in [4.78, 5) is 53.2. The molecule has 1 fully saturated rings. The number of halogens is 3. The summed E-state index contributed by atoms with van der Waals surface area (Å²) >= 11 is 0. The number of amides is 1. The Morgan fingerprint density at radius 3 is 2.29 bits per heavy atom. The van der Waals surface area contributed by atoms with Crippen LogP contribution < -0.4 is 16.6 Å². The van der Waals surface area contributed by atoms with Gasteiger partial charge in [-0.3, -0.25) is 14.5 Å². The molecule has 12 heteroatoms. The molecule has 42 heavy (non-hydrogen) atoms. The molecule has 0 unspecified atom stereocenters. The average molecular weight is 581 g/mol. The molecular formula is C30H27F3N4O5. The van der Waals surface area contributed by atoms with Gasteiger partial charge in [-0.1, -0.05) is 36.4 Å². The minimum Gasteiger partial charge on any atom is -0.480 e. The number of fused-ring (bicyclic) bond motifs is 1. The Kier molecular flexibility index (Phi) is 7.99. The number of benzene rings is 3. The van der Waals surface area contributed by atoms with Gasteiger partial charge in [-0.05, 0) is 35.6 Å². The van der Waals surface area contributed by atoms with E-state index < -0.39 is 52.5 Å². The number of carbonyl (C=O) groups excluding carboxylic acids is 1. The van der Waals surface area contributed by atoms with Gasteiger partial charge < -0.3 is 15.0 Å². The summed E-state index contributed by atoms with van der Waals surface area (Å²) in [7, 11) is 1.53. The van der Waals surface area contributed by atoms with E-state index in [4.69, 9.17) is 0 Å². The second kappa shape index (κ2) is 11.6. The van der Waals surface area contributed by atoms with Gasteiger partial charge in [-0.25, -0.2) is 27.3 Å². The summed E-state index contributed by atoms with van der Waals surface area (Å²) < 4.78 is 43.8. The van der Waals surface area contributed by atoms with Crippen molar-refractivity contribution in [1.29, 1.82) is 0 Å². The van der Waals surface area contributed by atoms with E-state index in [9.17, 15) is 37.5 Å². The van der Waals surface area contributed by atoms with E-state index in [-0.39, 0.29) is 12.1 Å². The molecule has 0 aliphatic carbocycles. The van der Waals surface area contributed by atoms with E-state index in [1.165, 1.54) is 17.8 Å². The van der Waals surface area contributed by atoms with Crippen LogP contribution in [0.5, 0.6) is 0 Å². The molecular weight excluding hydrogens is 553 g/mol. The Balaban J connectivity index is 1.50. The number of aryl methyl sites for hydroxylation is 1. The summed E-state index contributed by atoms with van der Waals surface area (Å²) in [6.07, 6.45) is 0.666. The van der Waals surface area contributed by atoms with Crippen molar-refractivity contribution in [2.75, 3.05) is 19.6 Å². The highest BCUT2D eigenvalue weighted by molar-refractivity contribution is 5.97. The molecule has 9 nitrogen and oxygen atoms in total. The first-order valence-corrected chi connectivity index (χ1v) is 13.2. The van der Waals surface area contributed by atoms with Crippen LogP contribution in [0.15, 0.2) is 70.4 Å². The number of nitrogens with one attached hydrogen (secondary N) is 1. The monoisotopic (exact) mass is 580 g/mol. The number of carbonyl (C=O) groups is 2. The molecule has 4 aromatic rings. The fourth-order valence-electron chi connectivity index (χ4n) is 5.18. The average Bonchev–Trinajstić information content (AvgIpc) is 2.93. The normalized spacial score (nSPS) is 14.5. The molecule has 1 saturated heterocycles. The van der Waals surface area contributed by atoms with Crippen molar-refractivity contribution in [3.05, 3.63) is 110 Å². The summed E-state index contributed by atoms with van der Waals surface area (Å²) in [6.45, 7) is 1.07. The molecule has 2 N–H and O–H groups in total. The number of nitrogens with zero attached hydrogens (tertiary/aromatic N) is 3. The van der Waals surface area contributed by atoms with Gasteiger partial charge in [0.2, 0.25) is 0 Å². The molecule has 0 radical (unpaired) electrons. The van der Waals surface area contributed by atoms with E-state index in [0.29, 0.717) is 48.0 Å². The fraction of sp³-hybridized carbons (Fsp3) is 0.267. The Hall–Kier alpha value is -4.71. The largest absolute Gasteiger partial charge is 0.480 e. The number of hydrogen-bond acceptors (Lipinski definition) is 5. The molecule has 1 aliphatic heterocycles. The molecule has 218 valence electrons. The van der Waals surface area contributed by atoms with E-state index >= 15 is 0 Å². The van der Waals surface area contributed by atoms with Gasteiger partial charge in [0.05, 0.1) is 5.69 Å². The van der Waals surface area contributed by atoms with Crippen molar-refractivity contribution < 1.29 is 27.9 Å². The Morgan fingerprint density at radius 1 is 0.976 bits per heavy atom. The van der Waals surface area contributed by atoms with Crippen LogP contribution in [0.1, 0.15) is 21.5 Å². The minimum atomic E-state index is -1.55. The van der Waals surface area contributed by atoms with E-state index in [1.54, 1.807) is 36.4 Å². The molecule has 1 aliphatic rings. The quantitative estimate of drug-likeness (QED) is 0.315. The van der Waals surface area contributed by atoms with Gasteiger partial charge in [-0.15, -0.1) is 0 Å². The Bertz CT molecular complexity index is 1790. The lowest BCUT2D eigenvalue weighted by molar-refractivity contribution is -0.139. The smallest absolute Gasteiger partial charge is 0.335 e. The molecule has 1 aromatic heterocycles. The predicted molar refractivity (Wildman–Crippen MR) is 149 cm³/mol. The number of alkyl halides is 1. The first kappa shape index (κ1) is 28.8. The molecule has 2 heterocycles. The van der Waals surface area contributed by atoms with Crippen LogP contribution in [0.4, 0.5) is 13.2 Å². The van der Waals surface area contributed by atoms with Gasteiger partial charge in [0.15, 0.2) is 0 Å². The van der Waals surface area contributed by atoms with Crippen molar-refractivity contribution >= 4 is 22.6 Å². The van der Waals surface area contributed by atoms with E-state index in [1.807, 2.05) is 4.90 Å². The molecule has 0 spiro atoms. The lowest BCUT2D eigenvalue weighted by atomic mass is 9.97. The van der Waals surface area contributed by atoms with Crippen LogP contribution in [-0.4, -0.2) is 62.9 Å². The zero-order valence-corrected chi connectivity index (χ0v) is 22.5. The van der Waals surface area contributed by atoms with Crippen molar-refractivity contribution in [1.82, 2.24) is 19.4 Å². The third-order valence-corrected chi connectivity index (χ3v) is 7.38. The van der Waals surface area contributed by atoms with Crippen LogP contribution in [0.3, 0.4) is 0 Å². The number of hydrogen-bond donors (Lipinski definition) is 2. The van der Waals surface area contributed by atoms with Gasteiger partial charge in [-0.2, -0.15) is 0 Å². The first-order chi connectivity index (χ1) is 20.0. The lowest BCUT2D eigenvalue weighted by Gasteiger charge is -2.34. The maximum atomic E-state index is 14.1. The molecule has 0 saturated carbocycles. The summed E-state index contributed by atoms with van der Waals surface area (Å²) in [5.74, 6) is -4.90. The fourth-order valence-corrected chi connectivity index (χ4v) is 5.18. The molecule has 5 rings (SSSR count). The van der Waals surface area contributed by atoms with Gasteiger partial charge >= 0.3 is 11.7 Å². The standard InChI is InChI=1S/C30H27F3N4O5/c1-35-14-18(11-12-36-15-19(31)16-36)28(39)37(30(35)42)25-10-3-6-20-17(5-2-7-21(20)25)13-24(29(40)41)34-27(38)26-22(32)8-4-9-23(26)33/h2-10,14,19,24H,11-13,15-16H2,1H3,(H,34,38)(H,40,41)/t24-/m0/s1. The molecule has 1 amide bonds. The van der Waals surface area contributed by atoms with Crippen molar-refractivity contribution in [3.8, 4) is 5.69 Å². The van der Waals surface area contributed by atoms with Gasteiger partial charge in [0, 0.05) is 50.2 Å². The van der Waals surface area contributed by atoms with Crippen LogP contribution in [0, 0.1) is 11.6 Å². The maximum Gasteiger partial charge on any atom is 0.335 e. The number of carboxylic acids is 1. The summed E-state index contributed by atoms with van der Waals surface area (Å²) in [5, 5.41) is 13.0.